The van der Waals surface area contributed by atoms with E-state index in [1.807, 2.05) is 19.1 Å². The molecule has 0 aliphatic rings. The van der Waals surface area contributed by atoms with Crippen LogP contribution in [0, 0.1) is 0 Å². The van der Waals surface area contributed by atoms with Crippen molar-refractivity contribution < 1.29 is 14.4 Å². The number of carbonyl (C=O) groups is 3. The summed E-state index contributed by atoms with van der Waals surface area (Å²) in [6, 6.07) is 18.6. The number of ketones is 1. The second-order valence-electron chi connectivity index (χ2n) is 6.99. The molecule has 1 unspecified atom stereocenters. The van der Waals surface area contributed by atoms with Gasteiger partial charge < -0.3 is 10.6 Å². The molecular weight excluding hydrogens is 467 g/mol. The highest BCUT2D eigenvalue weighted by atomic mass is 35.5. The van der Waals surface area contributed by atoms with Gasteiger partial charge in [-0.15, -0.1) is 11.8 Å². The Labute approximate surface area is 200 Å². The van der Waals surface area contributed by atoms with Gasteiger partial charge in [0, 0.05) is 26.9 Å². The van der Waals surface area contributed by atoms with Gasteiger partial charge in [0.1, 0.15) is 0 Å². The fourth-order valence-electron chi connectivity index (χ4n) is 2.78. The number of anilines is 2. The van der Waals surface area contributed by atoms with Gasteiger partial charge in [0.25, 0.3) is 5.91 Å². The lowest BCUT2D eigenvalue weighted by atomic mass is 10.1. The maximum atomic E-state index is 12.5. The molecule has 0 saturated heterocycles. The lowest BCUT2D eigenvalue weighted by Gasteiger charge is -2.13. The van der Waals surface area contributed by atoms with E-state index in [1.165, 1.54) is 24.8 Å². The first kappa shape index (κ1) is 23.9. The van der Waals surface area contributed by atoms with Crippen LogP contribution < -0.4 is 10.6 Å². The van der Waals surface area contributed by atoms with Crippen LogP contribution in [0.5, 0.6) is 0 Å². The monoisotopic (exact) mass is 486 g/mol. The number of carbonyl (C=O) groups excluding carboxylic acids is 3. The minimum Gasteiger partial charge on any atom is -0.325 e. The van der Waals surface area contributed by atoms with E-state index in [4.69, 9.17) is 23.2 Å². The van der Waals surface area contributed by atoms with Crippen molar-refractivity contribution in [1.29, 1.82) is 0 Å². The first-order chi connectivity index (χ1) is 15.2. The van der Waals surface area contributed by atoms with E-state index in [0.29, 0.717) is 27.5 Å². The molecular formula is C24H20Cl2N2O3S. The van der Waals surface area contributed by atoms with Crippen LogP contribution >= 0.6 is 35.0 Å². The van der Waals surface area contributed by atoms with Gasteiger partial charge in [0.05, 0.1) is 15.8 Å². The summed E-state index contributed by atoms with van der Waals surface area (Å²) in [6.45, 7) is 3.30. The second kappa shape index (κ2) is 10.7. The minimum absolute atomic E-state index is 0.0253. The maximum Gasteiger partial charge on any atom is 0.257 e. The van der Waals surface area contributed by atoms with E-state index >= 15 is 0 Å². The van der Waals surface area contributed by atoms with Crippen LogP contribution in [0.2, 0.25) is 10.0 Å². The fraction of sp³-hybridized carbons (Fsp3) is 0.125. The highest BCUT2D eigenvalue weighted by Crippen LogP contribution is 2.27. The molecule has 0 saturated carbocycles. The van der Waals surface area contributed by atoms with Gasteiger partial charge in [-0.1, -0.05) is 23.2 Å². The third kappa shape index (κ3) is 6.36. The van der Waals surface area contributed by atoms with Crippen molar-refractivity contribution in [1.82, 2.24) is 0 Å². The molecule has 164 valence electrons. The van der Waals surface area contributed by atoms with Crippen LogP contribution in [0.1, 0.15) is 34.6 Å². The third-order valence-corrected chi connectivity index (χ3v) is 6.19. The van der Waals surface area contributed by atoms with Crippen LogP contribution in [0.4, 0.5) is 11.4 Å². The number of hydrogen-bond donors (Lipinski definition) is 2. The summed E-state index contributed by atoms with van der Waals surface area (Å²) in [5, 5.41) is 6.01. The molecule has 3 rings (SSSR count). The fourth-order valence-corrected chi connectivity index (χ4v) is 4.14. The van der Waals surface area contributed by atoms with E-state index < -0.39 is 0 Å². The Morgan fingerprint density at radius 3 is 2.03 bits per heavy atom. The summed E-state index contributed by atoms with van der Waals surface area (Å²) >= 11 is 13.3. The smallest absolute Gasteiger partial charge is 0.257 e. The number of benzene rings is 3. The molecule has 2 amide bonds. The molecule has 0 aromatic heterocycles. The zero-order valence-corrected chi connectivity index (χ0v) is 19.6. The van der Waals surface area contributed by atoms with E-state index in [0.717, 1.165) is 4.90 Å². The Morgan fingerprint density at radius 1 is 0.844 bits per heavy atom. The maximum absolute atomic E-state index is 12.5. The number of hydrogen-bond acceptors (Lipinski definition) is 4. The normalized spacial score (nSPS) is 11.5. The highest BCUT2D eigenvalue weighted by Gasteiger charge is 2.15. The number of nitrogens with one attached hydrogen (secondary N) is 2. The lowest BCUT2D eigenvalue weighted by molar-refractivity contribution is -0.115. The van der Waals surface area contributed by atoms with Gasteiger partial charge in [-0.05, 0) is 80.6 Å². The highest BCUT2D eigenvalue weighted by molar-refractivity contribution is 8.00. The van der Waals surface area contributed by atoms with Gasteiger partial charge in [-0.3, -0.25) is 14.4 Å². The molecule has 32 heavy (non-hydrogen) atoms. The molecule has 3 aromatic carbocycles. The van der Waals surface area contributed by atoms with E-state index in [2.05, 4.69) is 10.6 Å². The number of Topliss-reactive ketones (excluding diaryl/α,β-unsaturated/α-hetero) is 1. The predicted octanol–water partition coefficient (Wildman–Crippen LogP) is 6.57. The van der Waals surface area contributed by atoms with E-state index in [-0.39, 0.29) is 27.9 Å². The average Bonchev–Trinajstić information content (AvgIpc) is 2.75. The minimum atomic E-state index is -0.351. The molecule has 3 aromatic rings. The van der Waals surface area contributed by atoms with Crippen molar-refractivity contribution in [2.75, 3.05) is 10.6 Å². The molecule has 0 aliphatic carbocycles. The molecule has 0 fully saturated rings. The summed E-state index contributed by atoms with van der Waals surface area (Å²) in [7, 11) is 0. The second-order valence-corrected chi connectivity index (χ2v) is 9.24. The number of halogens is 2. The zero-order valence-electron chi connectivity index (χ0n) is 17.3. The molecule has 5 nitrogen and oxygen atoms in total. The molecule has 0 aliphatic heterocycles. The Kier molecular flexibility index (Phi) is 7.96. The van der Waals surface area contributed by atoms with Crippen LogP contribution in [0.15, 0.2) is 71.6 Å². The first-order valence-corrected chi connectivity index (χ1v) is 11.3. The molecule has 1 atom stereocenters. The summed E-state index contributed by atoms with van der Waals surface area (Å²) in [5.41, 5.74) is 2.16. The Bertz CT molecular complexity index is 1150. The van der Waals surface area contributed by atoms with Gasteiger partial charge >= 0.3 is 0 Å². The standard InChI is InChI=1S/C24H20Cl2N2O3S/c1-14(29)16-3-6-18(7-4-16)27-23(30)15(2)32-20-10-8-19(9-11-20)28-24(31)21-12-5-17(25)13-22(21)26/h3-13,15H,1-2H3,(H,27,30)(H,28,31). The third-order valence-electron chi connectivity index (χ3n) is 4.53. The van der Waals surface area contributed by atoms with Crippen molar-refractivity contribution >= 4 is 63.9 Å². The largest absolute Gasteiger partial charge is 0.325 e. The van der Waals surface area contributed by atoms with Crippen LogP contribution in [0.3, 0.4) is 0 Å². The topological polar surface area (TPSA) is 75.3 Å². The zero-order chi connectivity index (χ0) is 23.3. The average molecular weight is 487 g/mol. The molecule has 0 radical (unpaired) electrons. The summed E-state index contributed by atoms with van der Waals surface area (Å²) in [5.74, 6) is -0.515. The SMILES string of the molecule is CC(=O)c1ccc(NC(=O)C(C)Sc2ccc(NC(=O)c3ccc(Cl)cc3Cl)cc2)cc1. The van der Waals surface area contributed by atoms with E-state index in [1.54, 1.807) is 48.5 Å². The van der Waals surface area contributed by atoms with Crippen LogP contribution in [0.25, 0.3) is 0 Å². The van der Waals surface area contributed by atoms with Crippen molar-refractivity contribution in [3.05, 3.63) is 87.9 Å². The van der Waals surface area contributed by atoms with Gasteiger partial charge in [0.15, 0.2) is 5.78 Å². The predicted molar refractivity (Wildman–Crippen MR) is 131 cm³/mol. The van der Waals surface area contributed by atoms with Crippen molar-refractivity contribution in [2.24, 2.45) is 0 Å². The van der Waals surface area contributed by atoms with Gasteiger partial charge in [-0.25, -0.2) is 0 Å². The van der Waals surface area contributed by atoms with Gasteiger partial charge in [0.2, 0.25) is 5.91 Å². The summed E-state index contributed by atoms with van der Waals surface area (Å²) in [6.07, 6.45) is 0. The molecule has 8 heteroatoms. The van der Waals surface area contributed by atoms with Crippen molar-refractivity contribution in [3.8, 4) is 0 Å². The summed E-state index contributed by atoms with van der Waals surface area (Å²) in [4.78, 5) is 37.1. The lowest BCUT2D eigenvalue weighted by Crippen LogP contribution is -2.22. The Morgan fingerprint density at radius 2 is 1.44 bits per heavy atom. The Hall–Kier alpha value is -2.80. The molecule has 2 N–H and O–H groups in total. The number of amides is 2. The van der Waals surface area contributed by atoms with E-state index in [9.17, 15) is 14.4 Å². The van der Waals surface area contributed by atoms with Gasteiger partial charge in [-0.2, -0.15) is 0 Å². The van der Waals surface area contributed by atoms with Crippen LogP contribution in [-0.4, -0.2) is 22.8 Å². The first-order valence-electron chi connectivity index (χ1n) is 9.68. The van der Waals surface area contributed by atoms with Crippen molar-refractivity contribution in [2.45, 2.75) is 24.0 Å². The molecule has 0 bridgehead atoms. The Balaban J connectivity index is 1.56. The number of rotatable bonds is 7. The number of thioether (sulfide) groups is 1. The summed E-state index contributed by atoms with van der Waals surface area (Å²) < 4.78 is 0. The quantitative estimate of drug-likeness (QED) is 0.292. The molecule has 0 spiro atoms. The molecule has 0 heterocycles. The van der Waals surface area contributed by atoms with Crippen LogP contribution in [-0.2, 0) is 4.79 Å². The van der Waals surface area contributed by atoms with Crippen molar-refractivity contribution in [3.63, 3.8) is 0 Å².